The first-order valence-corrected chi connectivity index (χ1v) is 9.47. The molecule has 5 nitrogen and oxygen atoms in total. The van der Waals surface area contributed by atoms with Crippen LogP contribution in [-0.4, -0.2) is 55.5 Å². The normalized spacial score (nSPS) is 29.4. The highest BCUT2D eigenvalue weighted by Gasteiger charge is 2.53. The first-order chi connectivity index (χ1) is 10.3. The lowest BCUT2D eigenvalue weighted by Crippen LogP contribution is -2.57. The van der Waals surface area contributed by atoms with Crippen molar-refractivity contribution in [3.05, 3.63) is 35.9 Å². The second kappa shape index (κ2) is 5.35. The number of carbonyl (C=O) groups is 1. The van der Waals surface area contributed by atoms with Gasteiger partial charge in [0.05, 0.1) is 12.3 Å². The molecule has 0 unspecified atom stereocenters. The van der Waals surface area contributed by atoms with Crippen molar-refractivity contribution in [2.75, 3.05) is 25.9 Å². The van der Waals surface area contributed by atoms with Crippen LogP contribution in [0.4, 0.5) is 0 Å². The molecule has 1 amide bonds. The maximum absolute atomic E-state index is 12.0. The van der Waals surface area contributed by atoms with Crippen molar-refractivity contribution in [2.45, 2.75) is 31.2 Å². The van der Waals surface area contributed by atoms with E-state index in [2.05, 4.69) is 12.1 Å². The molecule has 0 radical (unpaired) electrons. The average molecular weight is 322 g/mol. The summed E-state index contributed by atoms with van der Waals surface area (Å²) in [5.41, 5.74) is 1.10. The van der Waals surface area contributed by atoms with Gasteiger partial charge in [0.15, 0.2) is 0 Å². The van der Waals surface area contributed by atoms with Crippen molar-refractivity contribution in [1.82, 2.24) is 9.21 Å². The van der Waals surface area contributed by atoms with Gasteiger partial charge in [-0.3, -0.25) is 4.79 Å². The predicted octanol–water partition coefficient (Wildman–Crippen LogP) is 1.21. The number of rotatable bonds is 2. The fourth-order valence-corrected chi connectivity index (χ4v) is 4.88. The average Bonchev–Trinajstić information content (AvgIpc) is 2.87. The van der Waals surface area contributed by atoms with Gasteiger partial charge in [0.25, 0.3) is 0 Å². The molecule has 2 aliphatic heterocycles. The van der Waals surface area contributed by atoms with Crippen molar-refractivity contribution in [3.8, 4) is 0 Å². The molecule has 2 fully saturated rings. The van der Waals surface area contributed by atoms with E-state index in [4.69, 9.17) is 0 Å². The van der Waals surface area contributed by atoms with Gasteiger partial charge in [0, 0.05) is 32.0 Å². The zero-order chi connectivity index (χ0) is 16.0. The standard InChI is InChI=1S/C16H22N2O3S/c1-13(19)18-11-9-16(14-6-4-3-5-7-14)8-10-17(12-15(16)18)22(2,20)21/h3-7,15H,8-12H2,1-2H3/t15-,16-/m0/s1. The van der Waals surface area contributed by atoms with Gasteiger partial charge in [-0.15, -0.1) is 0 Å². The van der Waals surface area contributed by atoms with E-state index in [1.54, 1.807) is 6.92 Å². The Morgan fingerprint density at radius 1 is 1.18 bits per heavy atom. The largest absolute Gasteiger partial charge is 0.338 e. The molecule has 2 saturated heterocycles. The Morgan fingerprint density at radius 2 is 1.82 bits per heavy atom. The third-order valence-electron chi connectivity index (χ3n) is 5.22. The highest BCUT2D eigenvalue weighted by molar-refractivity contribution is 7.88. The molecule has 0 aliphatic carbocycles. The van der Waals surface area contributed by atoms with E-state index < -0.39 is 10.0 Å². The van der Waals surface area contributed by atoms with Crippen LogP contribution in [0.5, 0.6) is 0 Å². The van der Waals surface area contributed by atoms with E-state index in [9.17, 15) is 13.2 Å². The molecule has 1 aromatic rings. The molecule has 1 aromatic carbocycles. The number of fused-ring (bicyclic) bond motifs is 1. The lowest BCUT2D eigenvalue weighted by Gasteiger charge is -2.45. The second-order valence-corrected chi connectivity index (χ2v) is 8.35. The summed E-state index contributed by atoms with van der Waals surface area (Å²) in [6, 6.07) is 10.1. The van der Waals surface area contributed by atoms with Gasteiger partial charge in [0.2, 0.25) is 15.9 Å². The van der Waals surface area contributed by atoms with Crippen LogP contribution in [0.3, 0.4) is 0 Å². The lowest BCUT2D eigenvalue weighted by atomic mass is 9.70. The smallest absolute Gasteiger partial charge is 0.219 e. The van der Waals surface area contributed by atoms with Crippen LogP contribution in [0.25, 0.3) is 0 Å². The summed E-state index contributed by atoms with van der Waals surface area (Å²) in [5, 5.41) is 0. The first-order valence-electron chi connectivity index (χ1n) is 7.62. The van der Waals surface area contributed by atoms with Gasteiger partial charge >= 0.3 is 0 Å². The minimum atomic E-state index is -3.23. The molecule has 3 rings (SSSR count). The van der Waals surface area contributed by atoms with Crippen LogP contribution in [0.1, 0.15) is 25.3 Å². The Kier molecular flexibility index (Phi) is 3.77. The topological polar surface area (TPSA) is 57.7 Å². The lowest BCUT2D eigenvalue weighted by molar-refractivity contribution is -0.130. The summed E-state index contributed by atoms with van der Waals surface area (Å²) < 4.78 is 25.3. The molecule has 22 heavy (non-hydrogen) atoms. The quantitative estimate of drug-likeness (QED) is 0.822. The highest BCUT2D eigenvalue weighted by Crippen LogP contribution is 2.46. The number of benzene rings is 1. The Hall–Kier alpha value is -1.40. The maximum atomic E-state index is 12.0. The number of hydrogen-bond acceptors (Lipinski definition) is 3. The van der Waals surface area contributed by atoms with Gasteiger partial charge in [-0.05, 0) is 18.4 Å². The van der Waals surface area contributed by atoms with Crippen molar-refractivity contribution < 1.29 is 13.2 Å². The van der Waals surface area contributed by atoms with Gasteiger partial charge < -0.3 is 4.90 Å². The summed E-state index contributed by atoms with van der Waals surface area (Å²) in [6.07, 6.45) is 2.91. The zero-order valence-electron chi connectivity index (χ0n) is 13.0. The molecule has 2 heterocycles. The molecule has 0 spiro atoms. The van der Waals surface area contributed by atoms with E-state index in [1.165, 1.54) is 16.1 Å². The summed E-state index contributed by atoms with van der Waals surface area (Å²) in [6.45, 7) is 3.19. The Morgan fingerprint density at radius 3 is 2.41 bits per heavy atom. The van der Waals surface area contributed by atoms with Crippen LogP contribution in [0.15, 0.2) is 30.3 Å². The zero-order valence-corrected chi connectivity index (χ0v) is 13.8. The minimum absolute atomic E-state index is 0.0261. The highest BCUT2D eigenvalue weighted by atomic mass is 32.2. The van der Waals surface area contributed by atoms with Crippen molar-refractivity contribution in [3.63, 3.8) is 0 Å². The number of sulfonamides is 1. The number of likely N-dealkylation sites (tertiary alicyclic amines) is 1. The molecule has 0 bridgehead atoms. The van der Waals surface area contributed by atoms with E-state index in [-0.39, 0.29) is 17.4 Å². The molecule has 120 valence electrons. The Bertz CT molecular complexity index is 674. The molecule has 6 heteroatoms. The predicted molar refractivity (Wildman–Crippen MR) is 84.9 cm³/mol. The van der Waals surface area contributed by atoms with Crippen molar-refractivity contribution >= 4 is 15.9 Å². The fourth-order valence-electron chi connectivity index (χ4n) is 4.04. The van der Waals surface area contributed by atoms with Gasteiger partial charge in [-0.2, -0.15) is 0 Å². The fraction of sp³-hybridized carbons (Fsp3) is 0.562. The van der Waals surface area contributed by atoms with E-state index in [0.717, 1.165) is 12.8 Å². The Balaban J connectivity index is 2.01. The third kappa shape index (κ3) is 2.44. The van der Waals surface area contributed by atoms with Gasteiger partial charge in [0.1, 0.15) is 0 Å². The SMILES string of the molecule is CC(=O)N1CC[C@]2(c3ccccc3)CCN(S(C)(=O)=O)C[C@H]12. The second-order valence-electron chi connectivity index (χ2n) is 6.37. The number of nitrogens with zero attached hydrogens (tertiary/aromatic N) is 2. The van der Waals surface area contributed by atoms with Crippen LogP contribution >= 0.6 is 0 Å². The minimum Gasteiger partial charge on any atom is -0.338 e. The van der Waals surface area contributed by atoms with Gasteiger partial charge in [-0.25, -0.2) is 12.7 Å². The molecule has 0 saturated carbocycles. The van der Waals surface area contributed by atoms with Crippen molar-refractivity contribution in [2.24, 2.45) is 0 Å². The van der Waals surface area contributed by atoms with Crippen LogP contribution in [0.2, 0.25) is 0 Å². The van der Waals surface area contributed by atoms with E-state index >= 15 is 0 Å². The Labute approximate surface area is 132 Å². The van der Waals surface area contributed by atoms with Crippen LogP contribution in [-0.2, 0) is 20.2 Å². The maximum Gasteiger partial charge on any atom is 0.219 e. The summed E-state index contributed by atoms with van der Waals surface area (Å²) in [4.78, 5) is 13.8. The third-order valence-corrected chi connectivity index (χ3v) is 6.49. The molecule has 2 aliphatic rings. The van der Waals surface area contributed by atoms with Gasteiger partial charge in [-0.1, -0.05) is 30.3 Å². The van der Waals surface area contributed by atoms with E-state index in [1.807, 2.05) is 23.1 Å². The molecular formula is C16H22N2O3S. The number of carbonyl (C=O) groups excluding carboxylic acids is 1. The summed E-state index contributed by atoms with van der Waals surface area (Å²) in [5.74, 6) is 0.0261. The van der Waals surface area contributed by atoms with Crippen LogP contribution in [0, 0.1) is 0 Å². The van der Waals surface area contributed by atoms with E-state index in [0.29, 0.717) is 19.6 Å². The first kappa shape index (κ1) is 15.5. The summed E-state index contributed by atoms with van der Waals surface area (Å²) >= 11 is 0. The summed E-state index contributed by atoms with van der Waals surface area (Å²) in [7, 11) is -3.23. The monoisotopic (exact) mass is 322 g/mol. The number of piperidine rings is 1. The molecule has 0 N–H and O–H groups in total. The molecule has 2 atom stereocenters. The number of amides is 1. The number of hydrogen-bond donors (Lipinski definition) is 0. The van der Waals surface area contributed by atoms with Crippen molar-refractivity contribution in [1.29, 1.82) is 0 Å². The molecular weight excluding hydrogens is 300 g/mol. The van der Waals surface area contributed by atoms with Crippen LogP contribution < -0.4 is 0 Å². The molecule has 0 aromatic heterocycles.